The summed E-state index contributed by atoms with van der Waals surface area (Å²) in [6, 6.07) is 0. The first-order valence-electron chi connectivity index (χ1n) is 37.5. The topological polar surface area (TPSA) is 237 Å². The Morgan fingerprint density at radius 2 is 0.552 bits per heavy atom. The van der Waals surface area contributed by atoms with E-state index >= 15 is 0 Å². The van der Waals surface area contributed by atoms with Crippen molar-refractivity contribution in [2.75, 3.05) is 39.6 Å². The highest BCUT2D eigenvalue weighted by Crippen LogP contribution is 2.45. The van der Waals surface area contributed by atoms with E-state index < -0.39 is 97.5 Å². The lowest BCUT2D eigenvalue weighted by molar-refractivity contribution is -0.161. The third-order valence-electron chi connectivity index (χ3n) is 15.5. The van der Waals surface area contributed by atoms with Crippen LogP contribution in [0.1, 0.15) is 310 Å². The maximum Gasteiger partial charge on any atom is 0.472 e. The summed E-state index contributed by atoms with van der Waals surface area (Å²) in [7, 11) is -9.95. The number of aliphatic hydroxyl groups excluding tert-OH is 1. The predicted octanol–water partition coefficient (Wildman–Crippen LogP) is 21.2. The van der Waals surface area contributed by atoms with Gasteiger partial charge in [-0.1, -0.05) is 240 Å². The van der Waals surface area contributed by atoms with Crippen LogP contribution in [0.15, 0.2) is 97.2 Å². The van der Waals surface area contributed by atoms with E-state index in [0.717, 1.165) is 180 Å². The molecule has 0 aliphatic rings. The van der Waals surface area contributed by atoms with E-state index in [1.54, 1.807) is 0 Å². The van der Waals surface area contributed by atoms with Crippen LogP contribution in [-0.2, 0) is 65.4 Å². The van der Waals surface area contributed by atoms with Crippen LogP contribution in [0.4, 0.5) is 0 Å². The molecule has 96 heavy (non-hydrogen) atoms. The molecular weight excluding hydrogens is 1260 g/mol. The Morgan fingerprint density at radius 1 is 0.302 bits per heavy atom. The van der Waals surface area contributed by atoms with Crippen molar-refractivity contribution in [2.24, 2.45) is 0 Å². The molecule has 0 bridgehead atoms. The molecule has 17 nitrogen and oxygen atoms in total. The van der Waals surface area contributed by atoms with E-state index in [0.29, 0.717) is 25.7 Å². The maximum atomic E-state index is 13.1. The summed E-state index contributed by atoms with van der Waals surface area (Å²) in [4.78, 5) is 72.7. The number of aliphatic hydroxyl groups is 1. The van der Waals surface area contributed by atoms with Gasteiger partial charge in [0.2, 0.25) is 0 Å². The smallest absolute Gasteiger partial charge is 0.462 e. The molecular formula is C77H134O17P2. The second kappa shape index (κ2) is 69.5. The molecule has 5 atom stereocenters. The van der Waals surface area contributed by atoms with E-state index in [4.69, 9.17) is 37.0 Å². The standard InChI is InChI=1S/C77H134O17P2/c1-5-9-13-17-21-25-29-32-35-38-42-45-49-53-57-61-74(79)87-67-72(93-76(81)63-59-55-51-47-41-28-24-20-16-12-8-4)69-91-95(83,84)89-65-71(78)66-90-96(85,86)92-70-73(94-77(82)64-60-56-52-48-44-40-37-34-31-27-23-19-15-11-7-3)68-88-75(80)62-58-54-50-46-43-39-36-33-30-26-22-18-14-10-6-2/h9,13,20-27,32-37,71-73,78H,5-8,10-12,14-19,28-31,38-70H2,1-4H3,(H,83,84)(H,85,86)/b13-9-,24-20-,25-21-,26-22-,27-23-,35-32-,36-33-,37-34-. The summed E-state index contributed by atoms with van der Waals surface area (Å²) in [6.07, 6.45) is 71.2. The van der Waals surface area contributed by atoms with Gasteiger partial charge in [0.25, 0.3) is 0 Å². The van der Waals surface area contributed by atoms with Gasteiger partial charge in [0.1, 0.15) is 19.3 Å². The van der Waals surface area contributed by atoms with Gasteiger partial charge in [-0.05, 0) is 141 Å². The van der Waals surface area contributed by atoms with Gasteiger partial charge >= 0.3 is 39.5 Å². The Labute approximate surface area is 582 Å². The van der Waals surface area contributed by atoms with Gasteiger partial charge < -0.3 is 33.8 Å². The number of allylic oxidation sites excluding steroid dienone is 16. The van der Waals surface area contributed by atoms with Gasteiger partial charge in [0.05, 0.1) is 26.4 Å². The average molecular weight is 1390 g/mol. The first-order valence-corrected chi connectivity index (χ1v) is 40.5. The molecule has 0 aromatic heterocycles. The van der Waals surface area contributed by atoms with Crippen LogP contribution < -0.4 is 0 Å². The van der Waals surface area contributed by atoms with Crippen molar-refractivity contribution >= 4 is 39.5 Å². The highest BCUT2D eigenvalue weighted by atomic mass is 31.2. The van der Waals surface area contributed by atoms with Gasteiger partial charge in [-0.2, -0.15) is 0 Å². The molecule has 0 aliphatic carbocycles. The molecule has 3 N–H and O–H groups in total. The van der Waals surface area contributed by atoms with Crippen LogP contribution in [0.5, 0.6) is 0 Å². The van der Waals surface area contributed by atoms with Crippen LogP contribution >= 0.6 is 15.6 Å². The Morgan fingerprint density at radius 3 is 0.875 bits per heavy atom. The van der Waals surface area contributed by atoms with Crippen molar-refractivity contribution in [1.82, 2.24) is 0 Å². The fourth-order valence-electron chi connectivity index (χ4n) is 9.75. The van der Waals surface area contributed by atoms with Gasteiger partial charge in [0, 0.05) is 25.7 Å². The molecule has 0 saturated carbocycles. The highest BCUT2D eigenvalue weighted by molar-refractivity contribution is 7.47. The SMILES string of the molecule is CC/C=C\C/C=C\C/C=C\CCCCCCCC(=O)OCC(COP(=O)(O)OCC(O)COP(=O)(O)OCC(COC(=O)CCCCCCC/C=C\C/C=C\CCCCC)OC(=O)CCCCCCC/C=C\C/C=C\CCCCC)OC(=O)CCCCCCC/C=C\CCCC. The van der Waals surface area contributed by atoms with E-state index in [-0.39, 0.29) is 25.7 Å². The van der Waals surface area contributed by atoms with Gasteiger partial charge in [-0.15, -0.1) is 0 Å². The molecule has 0 amide bonds. The lowest BCUT2D eigenvalue weighted by atomic mass is 10.1. The minimum absolute atomic E-state index is 0.0758. The summed E-state index contributed by atoms with van der Waals surface area (Å²) < 4.78 is 68.4. The normalized spacial score (nSPS) is 14.5. The minimum atomic E-state index is -4.98. The molecule has 554 valence electrons. The summed E-state index contributed by atoms with van der Waals surface area (Å²) >= 11 is 0. The lowest BCUT2D eigenvalue weighted by Crippen LogP contribution is -2.30. The number of phosphoric ester groups is 2. The number of esters is 4. The predicted molar refractivity (Wildman–Crippen MR) is 390 cm³/mol. The third kappa shape index (κ3) is 68.5. The van der Waals surface area contributed by atoms with Crippen molar-refractivity contribution in [3.05, 3.63) is 97.2 Å². The molecule has 19 heteroatoms. The number of hydrogen-bond acceptors (Lipinski definition) is 15. The van der Waals surface area contributed by atoms with E-state index in [1.807, 2.05) is 0 Å². The summed E-state index contributed by atoms with van der Waals surface area (Å²) in [5, 5.41) is 10.6. The summed E-state index contributed by atoms with van der Waals surface area (Å²) in [6.45, 7) is 4.62. The van der Waals surface area contributed by atoms with Crippen molar-refractivity contribution in [2.45, 2.75) is 329 Å². The first kappa shape index (κ1) is 92.0. The second-order valence-electron chi connectivity index (χ2n) is 24.8. The number of hydrogen-bond donors (Lipinski definition) is 3. The monoisotopic (exact) mass is 1390 g/mol. The Kier molecular flexibility index (Phi) is 66.6. The molecule has 0 aromatic carbocycles. The Bertz CT molecular complexity index is 2200. The second-order valence-corrected chi connectivity index (χ2v) is 27.8. The molecule has 0 saturated heterocycles. The number of carbonyl (C=O) groups is 4. The third-order valence-corrected chi connectivity index (χ3v) is 17.4. The molecule has 0 heterocycles. The molecule has 0 rings (SSSR count). The zero-order chi connectivity index (χ0) is 70.4. The van der Waals surface area contributed by atoms with Crippen molar-refractivity contribution in [1.29, 1.82) is 0 Å². The quantitative estimate of drug-likeness (QED) is 0.0169. The van der Waals surface area contributed by atoms with E-state index in [2.05, 4.69) is 125 Å². The highest BCUT2D eigenvalue weighted by Gasteiger charge is 2.30. The van der Waals surface area contributed by atoms with Crippen molar-refractivity contribution in [3.8, 4) is 0 Å². The number of phosphoric acid groups is 2. The number of rotatable bonds is 70. The maximum absolute atomic E-state index is 13.1. The Hall–Kier alpha value is -4.02. The summed E-state index contributed by atoms with van der Waals surface area (Å²) in [5.74, 6) is -2.23. The van der Waals surface area contributed by atoms with Gasteiger partial charge in [0.15, 0.2) is 12.2 Å². The number of unbranched alkanes of at least 4 members (excludes halogenated alkanes) is 28. The molecule has 0 spiro atoms. The number of carbonyl (C=O) groups excluding carboxylic acids is 4. The van der Waals surface area contributed by atoms with Crippen molar-refractivity contribution < 1.29 is 80.2 Å². The fraction of sp³-hybridized carbons (Fsp3) is 0.740. The van der Waals surface area contributed by atoms with Gasteiger partial charge in [-0.25, -0.2) is 9.13 Å². The van der Waals surface area contributed by atoms with Crippen LogP contribution in [0.2, 0.25) is 0 Å². The molecule has 0 aliphatic heterocycles. The van der Waals surface area contributed by atoms with Crippen LogP contribution in [-0.4, -0.2) is 96.7 Å². The summed E-state index contributed by atoms with van der Waals surface area (Å²) in [5.41, 5.74) is 0. The van der Waals surface area contributed by atoms with Crippen LogP contribution in [0.25, 0.3) is 0 Å². The first-order chi connectivity index (χ1) is 46.7. The molecule has 0 radical (unpaired) electrons. The van der Waals surface area contributed by atoms with Crippen LogP contribution in [0.3, 0.4) is 0 Å². The van der Waals surface area contributed by atoms with Crippen LogP contribution in [0, 0.1) is 0 Å². The van der Waals surface area contributed by atoms with Crippen molar-refractivity contribution in [3.63, 3.8) is 0 Å². The number of ether oxygens (including phenoxy) is 4. The van der Waals surface area contributed by atoms with E-state index in [1.165, 1.54) is 51.4 Å². The zero-order valence-electron chi connectivity index (χ0n) is 60.3. The Balaban J connectivity index is 5.36. The van der Waals surface area contributed by atoms with Gasteiger partial charge in [-0.3, -0.25) is 37.3 Å². The molecule has 0 fully saturated rings. The fourth-order valence-corrected chi connectivity index (χ4v) is 11.3. The minimum Gasteiger partial charge on any atom is -0.462 e. The molecule has 5 unspecified atom stereocenters. The largest absolute Gasteiger partial charge is 0.472 e. The average Bonchev–Trinajstić information content (AvgIpc) is 1.11. The zero-order valence-corrected chi connectivity index (χ0v) is 62.1. The lowest BCUT2D eigenvalue weighted by Gasteiger charge is -2.21. The molecule has 0 aromatic rings. The van der Waals surface area contributed by atoms with E-state index in [9.17, 15) is 43.2 Å².